The van der Waals surface area contributed by atoms with Gasteiger partial charge in [0.25, 0.3) is 5.92 Å². The number of rotatable bonds is 1. The number of anilines is 1. The lowest BCUT2D eigenvalue weighted by Gasteiger charge is -2.25. The van der Waals surface area contributed by atoms with Crippen molar-refractivity contribution in [1.29, 1.82) is 0 Å². The molecule has 92 valence electrons. The molecule has 0 spiro atoms. The minimum Gasteiger partial charge on any atom is -0.381 e. The minimum atomic E-state index is -2.91. The van der Waals surface area contributed by atoms with Crippen LogP contribution in [-0.2, 0) is 0 Å². The van der Waals surface area contributed by atoms with Crippen LogP contribution in [0.15, 0.2) is 10.8 Å². The van der Waals surface area contributed by atoms with Crippen LogP contribution in [0.5, 0.6) is 0 Å². The SMILES string of the molecule is CC(F)(F)C(C)(C)C#Cc1ncc(Br)nc1N. The quantitative estimate of drug-likeness (QED) is 0.812. The molecule has 1 heterocycles. The van der Waals surface area contributed by atoms with Crippen LogP contribution in [0, 0.1) is 17.3 Å². The molecule has 0 aromatic carbocycles. The van der Waals surface area contributed by atoms with Gasteiger partial charge in [-0.05, 0) is 35.7 Å². The summed E-state index contributed by atoms with van der Waals surface area (Å²) in [7, 11) is 0. The Morgan fingerprint density at radius 1 is 1.35 bits per heavy atom. The van der Waals surface area contributed by atoms with Crippen molar-refractivity contribution in [1.82, 2.24) is 9.97 Å². The highest BCUT2D eigenvalue weighted by molar-refractivity contribution is 9.10. The molecular formula is C11H12BrF2N3. The highest BCUT2D eigenvalue weighted by Crippen LogP contribution is 2.34. The lowest BCUT2D eigenvalue weighted by atomic mass is 9.87. The summed E-state index contributed by atoms with van der Waals surface area (Å²) in [6, 6.07) is 0. The molecule has 0 amide bonds. The van der Waals surface area contributed by atoms with Gasteiger partial charge in [0.2, 0.25) is 0 Å². The fourth-order valence-corrected chi connectivity index (χ4v) is 1.10. The summed E-state index contributed by atoms with van der Waals surface area (Å²) in [5.74, 6) is 2.22. The summed E-state index contributed by atoms with van der Waals surface area (Å²) >= 11 is 3.10. The second-order valence-corrected chi connectivity index (χ2v) is 5.00. The molecule has 0 aliphatic rings. The van der Waals surface area contributed by atoms with E-state index in [0.717, 1.165) is 6.92 Å². The number of hydrogen-bond donors (Lipinski definition) is 1. The first kappa shape index (κ1) is 13.8. The molecule has 0 radical (unpaired) electrons. The molecule has 1 aromatic heterocycles. The third kappa shape index (κ3) is 3.37. The van der Waals surface area contributed by atoms with Gasteiger partial charge >= 0.3 is 0 Å². The van der Waals surface area contributed by atoms with Gasteiger partial charge in [0.1, 0.15) is 4.60 Å². The molecule has 0 atom stereocenters. The molecule has 3 nitrogen and oxygen atoms in total. The van der Waals surface area contributed by atoms with Crippen molar-refractivity contribution in [3.63, 3.8) is 0 Å². The zero-order valence-electron chi connectivity index (χ0n) is 9.68. The van der Waals surface area contributed by atoms with Crippen LogP contribution in [0.25, 0.3) is 0 Å². The van der Waals surface area contributed by atoms with Crippen molar-refractivity contribution in [2.24, 2.45) is 5.41 Å². The van der Waals surface area contributed by atoms with Crippen molar-refractivity contribution in [2.45, 2.75) is 26.7 Å². The fourth-order valence-electron chi connectivity index (χ4n) is 0.802. The van der Waals surface area contributed by atoms with Crippen LogP contribution in [0.4, 0.5) is 14.6 Å². The number of aromatic nitrogens is 2. The summed E-state index contributed by atoms with van der Waals surface area (Å²) in [5, 5.41) is 0. The number of nitrogen functional groups attached to an aromatic ring is 1. The third-order valence-electron chi connectivity index (χ3n) is 2.36. The number of hydrogen-bond acceptors (Lipinski definition) is 3. The Labute approximate surface area is 107 Å². The number of halogens is 3. The highest BCUT2D eigenvalue weighted by atomic mass is 79.9. The van der Waals surface area contributed by atoms with Crippen LogP contribution >= 0.6 is 15.9 Å². The van der Waals surface area contributed by atoms with Crippen LogP contribution in [0.2, 0.25) is 0 Å². The molecule has 6 heteroatoms. The maximum absolute atomic E-state index is 13.2. The average molecular weight is 304 g/mol. The van der Waals surface area contributed by atoms with E-state index >= 15 is 0 Å². The largest absolute Gasteiger partial charge is 0.381 e. The molecule has 0 aliphatic heterocycles. The number of nitrogens with zero attached hydrogens (tertiary/aromatic N) is 2. The first-order valence-corrected chi connectivity index (χ1v) is 5.62. The lowest BCUT2D eigenvalue weighted by molar-refractivity contribution is -0.0585. The van der Waals surface area contributed by atoms with Gasteiger partial charge in [-0.2, -0.15) is 0 Å². The predicted octanol–water partition coefficient (Wildman–Crippen LogP) is 2.85. The van der Waals surface area contributed by atoms with Crippen LogP contribution < -0.4 is 5.73 Å². The zero-order valence-corrected chi connectivity index (χ0v) is 11.3. The molecule has 0 saturated heterocycles. The van der Waals surface area contributed by atoms with Crippen LogP contribution in [-0.4, -0.2) is 15.9 Å². The maximum Gasteiger partial charge on any atom is 0.261 e. The van der Waals surface area contributed by atoms with Gasteiger partial charge in [-0.1, -0.05) is 5.92 Å². The Kier molecular flexibility index (Phi) is 3.72. The standard InChI is InChI=1S/C11H12BrF2N3/c1-10(2,11(3,13)14)5-4-7-9(15)17-8(12)6-16-7/h6H,1-3H3,(H2,15,17). The lowest BCUT2D eigenvalue weighted by Crippen LogP contribution is -2.31. The first-order valence-electron chi connectivity index (χ1n) is 4.82. The molecule has 0 saturated carbocycles. The molecule has 1 rings (SSSR count). The topological polar surface area (TPSA) is 51.8 Å². The molecule has 0 bridgehead atoms. The van der Waals surface area contributed by atoms with Gasteiger partial charge in [0.15, 0.2) is 11.5 Å². The molecule has 1 aromatic rings. The van der Waals surface area contributed by atoms with Crippen molar-refractivity contribution in [2.75, 3.05) is 5.73 Å². The summed E-state index contributed by atoms with van der Waals surface area (Å²) in [5.41, 5.74) is 4.32. The molecule has 2 N–H and O–H groups in total. The Balaban J connectivity index is 3.08. The van der Waals surface area contributed by atoms with Crippen LogP contribution in [0.1, 0.15) is 26.5 Å². The van der Waals surface area contributed by atoms with E-state index in [0.29, 0.717) is 4.60 Å². The van der Waals surface area contributed by atoms with Gasteiger partial charge in [0.05, 0.1) is 11.6 Å². The molecular weight excluding hydrogens is 292 g/mol. The van der Waals surface area contributed by atoms with Crippen molar-refractivity contribution < 1.29 is 8.78 Å². The number of nitrogens with two attached hydrogens (primary N) is 1. The molecule has 0 aliphatic carbocycles. The van der Waals surface area contributed by atoms with E-state index in [1.54, 1.807) is 0 Å². The average Bonchev–Trinajstić information content (AvgIpc) is 2.14. The smallest absolute Gasteiger partial charge is 0.261 e. The molecule has 0 fully saturated rings. The summed E-state index contributed by atoms with van der Waals surface area (Å²) < 4.78 is 26.9. The maximum atomic E-state index is 13.2. The monoisotopic (exact) mass is 303 g/mol. The summed E-state index contributed by atoms with van der Waals surface area (Å²) in [4.78, 5) is 7.79. The van der Waals surface area contributed by atoms with E-state index in [1.165, 1.54) is 20.0 Å². The normalized spacial score (nSPS) is 11.9. The van der Waals surface area contributed by atoms with Crippen molar-refractivity contribution in [3.05, 3.63) is 16.5 Å². The minimum absolute atomic E-state index is 0.113. The Bertz CT molecular complexity index is 484. The van der Waals surface area contributed by atoms with E-state index in [4.69, 9.17) is 5.73 Å². The van der Waals surface area contributed by atoms with E-state index in [1.807, 2.05) is 0 Å². The van der Waals surface area contributed by atoms with E-state index in [2.05, 4.69) is 37.7 Å². The Hall–Kier alpha value is -1.22. The molecule has 17 heavy (non-hydrogen) atoms. The third-order valence-corrected chi connectivity index (χ3v) is 2.74. The zero-order chi connectivity index (χ0) is 13.3. The van der Waals surface area contributed by atoms with Crippen molar-refractivity contribution in [3.8, 4) is 11.8 Å². The van der Waals surface area contributed by atoms with Gasteiger partial charge in [-0.3, -0.25) is 0 Å². The van der Waals surface area contributed by atoms with E-state index in [-0.39, 0.29) is 11.5 Å². The van der Waals surface area contributed by atoms with Gasteiger partial charge in [0, 0.05) is 6.92 Å². The van der Waals surface area contributed by atoms with Gasteiger partial charge in [-0.15, -0.1) is 0 Å². The molecule has 0 unspecified atom stereocenters. The summed E-state index contributed by atoms with van der Waals surface area (Å²) in [6.45, 7) is 3.56. The summed E-state index contributed by atoms with van der Waals surface area (Å²) in [6.07, 6.45) is 1.41. The first-order chi connectivity index (χ1) is 7.63. The number of alkyl halides is 2. The second kappa shape index (κ2) is 4.57. The van der Waals surface area contributed by atoms with Crippen LogP contribution in [0.3, 0.4) is 0 Å². The Morgan fingerprint density at radius 3 is 2.41 bits per heavy atom. The van der Waals surface area contributed by atoms with Crippen molar-refractivity contribution >= 4 is 21.7 Å². The van der Waals surface area contributed by atoms with E-state index < -0.39 is 11.3 Å². The van der Waals surface area contributed by atoms with E-state index in [9.17, 15) is 8.78 Å². The van der Waals surface area contributed by atoms with Gasteiger partial charge < -0.3 is 5.73 Å². The Morgan fingerprint density at radius 2 is 1.94 bits per heavy atom. The second-order valence-electron chi connectivity index (χ2n) is 4.19. The highest BCUT2D eigenvalue weighted by Gasteiger charge is 2.40. The fraction of sp³-hybridized carbons (Fsp3) is 0.455. The van der Waals surface area contributed by atoms with Gasteiger partial charge in [-0.25, -0.2) is 18.7 Å². The predicted molar refractivity (Wildman–Crippen MR) is 65.4 cm³/mol.